The van der Waals surface area contributed by atoms with Crippen LogP contribution in [-0.2, 0) is 10.3 Å². The van der Waals surface area contributed by atoms with Gasteiger partial charge in [0.1, 0.15) is 5.52 Å². The predicted molar refractivity (Wildman–Crippen MR) is 93.3 cm³/mol. The SMILES string of the molecule is CC[C@@H](C)C(=O)N[C@]1(c2ccnc3nccnc23)CNC[C@@H](C)C1. The Hall–Kier alpha value is -2.08. The van der Waals surface area contributed by atoms with Gasteiger partial charge in [0.05, 0.1) is 5.54 Å². The molecule has 1 aliphatic rings. The molecule has 0 spiro atoms. The van der Waals surface area contributed by atoms with E-state index in [0.717, 1.165) is 30.5 Å². The Morgan fingerprint density at radius 1 is 1.38 bits per heavy atom. The summed E-state index contributed by atoms with van der Waals surface area (Å²) in [5, 5.41) is 6.79. The largest absolute Gasteiger partial charge is 0.345 e. The summed E-state index contributed by atoms with van der Waals surface area (Å²) in [5.41, 5.74) is 1.90. The molecule has 6 nitrogen and oxygen atoms in total. The van der Waals surface area contributed by atoms with Crippen LogP contribution < -0.4 is 10.6 Å². The fourth-order valence-corrected chi connectivity index (χ4v) is 3.45. The van der Waals surface area contributed by atoms with E-state index in [1.807, 2.05) is 19.9 Å². The molecule has 128 valence electrons. The standard InChI is InChI=1S/C18H25N5O/c1-4-13(3)17(24)23-18(9-12(2)10-19-11-18)14-5-6-21-16-15(14)20-7-8-22-16/h5-8,12-13,19H,4,9-11H2,1-3H3,(H,23,24)/t12-,13+,18-/m0/s1. The number of hydrogen-bond acceptors (Lipinski definition) is 5. The average Bonchev–Trinajstić information content (AvgIpc) is 2.60. The fraction of sp³-hybridized carbons (Fsp3) is 0.556. The molecular formula is C18H25N5O. The third-order valence-electron chi connectivity index (χ3n) is 4.93. The molecule has 0 aromatic carbocycles. The van der Waals surface area contributed by atoms with Crippen molar-refractivity contribution in [3.63, 3.8) is 0 Å². The van der Waals surface area contributed by atoms with Crippen LogP contribution in [0.25, 0.3) is 11.2 Å². The molecule has 1 amide bonds. The quantitative estimate of drug-likeness (QED) is 0.898. The zero-order valence-corrected chi connectivity index (χ0v) is 14.5. The molecule has 24 heavy (non-hydrogen) atoms. The van der Waals surface area contributed by atoms with Gasteiger partial charge in [0.25, 0.3) is 0 Å². The van der Waals surface area contributed by atoms with Gasteiger partial charge in [-0.1, -0.05) is 20.8 Å². The smallest absolute Gasteiger partial charge is 0.223 e. The summed E-state index contributed by atoms with van der Waals surface area (Å²) in [6, 6.07) is 1.97. The van der Waals surface area contributed by atoms with Crippen LogP contribution in [0, 0.1) is 11.8 Å². The molecule has 2 N–H and O–H groups in total. The van der Waals surface area contributed by atoms with Crippen molar-refractivity contribution < 1.29 is 4.79 Å². The van der Waals surface area contributed by atoms with Crippen LogP contribution in [0.4, 0.5) is 0 Å². The third-order valence-corrected chi connectivity index (χ3v) is 4.93. The molecular weight excluding hydrogens is 302 g/mol. The molecule has 0 saturated carbocycles. The van der Waals surface area contributed by atoms with Crippen molar-refractivity contribution in [2.75, 3.05) is 13.1 Å². The van der Waals surface area contributed by atoms with Crippen LogP contribution in [-0.4, -0.2) is 33.9 Å². The van der Waals surface area contributed by atoms with Crippen LogP contribution in [0.2, 0.25) is 0 Å². The van der Waals surface area contributed by atoms with Gasteiger partial charge in [-0.2, -0.15) is 0 Å². The van der Waals surface area contributed by atoms with E-state index in [-0.39, 0.29) is 11.8 Å². The number of pyridine rings is 1. The Morgan fingerprint density at radius 3 is 2.88 bits per heavy atom. The van der Waals surface area contributed by atoms with Gasteiger partial charge < -0.3 is 10.6 Å². The maximum atomic E-state index is 12.7. The summed E-state index contributed by atoms with van der Waals surface area (Å²) in [6.45, 7) is 7.84. The first-order valence-corrected chi connectivity index (χ1v) is 8.64. The Bertz CT molecular complexity index is 729. The molecule has 6 heteroatoms. The van der Waals surface area contributed by atoms with Gasteiger partial charge in [0.15, 0.2) is 5.65 Å². The number of nitrogens with zero attached hydrogens (tertiary/aromatic N) is 3. The maximum absolute atomic E-state index is 12.7. The van der Waals surface area contributed by atoms with E-state index in [1.165, 1.54) is 0 Å². The normalized spacial score (nSPS) is 25.4. The number of fused-ring (bicyclic) bond motifs is 1. The zero-order valence-electron chi connectivity index (χ0n) is 14.5. The second-order valence-electron chi connectivity index (χ2n) is 6.91. The number of aromatic nitrogens is 3. The minimum Gasteiger partial charge on any atom is -0.345 e. The van der Waals surface area contributed by atoms with Crippen LogP contribution in [0.5, 0.6) is 0 Å². The van der Waals surface area contributed by atoms with Gasteiger partial charge in [-0.15, -0.1) is 0 Å². The van der Waals surface area contributed by atoms with Gasteiger partial charge in [-0.05, 0) is 31.4 Å². The van der Waals surface area contributed by atoms with Gasteiger partial charge in [0, 0.05) is 36.6 Å². The van der Waals surface area contributed by atoms with E-state index in [1.54, 1.807) is 18.6 Å². The highest BCUT2D eigenvalue weighted by molar-refractivity contribution is 5.81. The van der Waals surface area contributed by atoms with Crippen molar-refractivity contribution in [1.82, 2.24) is 25.6 Å². The van der Waals surface area contributed by atoms with E-state index in [9.17, 15) is 4.79 Å². The first-order valence-electron chi connectivity index (χ1n) is 8.64. The van der Waals surface area contributed by atoms with E-state index >= 15 is 0 Å². The maximum Gasteiger partial charge on any atom is 0.223 e. The molecule has 3 rings (SSSR count). The Kier molecular flexibility index (Phi) is 4.76. The third kappa shape index (κ3) is 3.11. The number of carbonyl (C=O) groups is 1. The summed E-state index contributed by atoms with van der Waals surface area (Å²) >= 11 is 0. The van der Waals surface area contributed by atoms with Crippen LogP contribution >= 0.6 is 0 Å². The summed E-state index contributed by atoms with van der Waals surface area (Å²) in [5.74, 6) is 0.524. The molecule has 2 aromatic heterocycles. The van der Waals surface area contributed by atoms with Crippen molar-refractivity contribution >= 4 is 17.1 Å². The highest BCUT2D eigenvalue weighted by Crippen LogP contribution is 2.34. The first kappa shape index (κ1) is 16.8. The van der Waals surface area contributed by atoms with E-state index in [2.05, 4.69) is 32.5 Å². The van der Waals surface area contributed by atoms with Gasteiger partial charge >= 0.3 is 0 Å². The summed E-state index contributed by atoms with van der Waals surface area (Å²) < 4.78 is 0. The summed E-state index contributed by atoms with van der Waals surface area (Å²) in [6.07, 6.45) is 6.77. The molecule has 0 radical (unpaired) electrons. The molecule has 0 aliphatic carbocycles. The minimum atomic E-state index is -0.477. The molecule has 1 aliphatic heterocycles. The molecule has 0 bridgehead atoms. The summed E-state index contributed by atoms with van der Waals surface area (Å²) in [4.78, 5) is 25.8. The molecule has 1 saturated heterocycles. The Labute approximate surface area is 142 Å². The number of piperidine rings is 1. The number of hydrogen-bond donors (Lipinski definition) is 2. The molecule has 0 unspecified atom stereocenters. The fourth-order valence-electron chi connectivity index (χ4n) is 3.45. The lowest BCUT2D eigenvalue weighted by Crippen LogP contribution is -2.58. The van der Waals surface area contributed by atoms with Gasteiger partial charge in [-0.3, -0.25) is 9.78 Å². The molecule has 1 fully saturated rings. The van der Waals surface area contributed by atoms with E-state index < -0.39 is 5.54 Å². The molecule has 3 heterocycles. The minimum absolute atomic E-state index is 0.0155. The number of amides is 1. The second kappa shape index (κ2) is 6.81. The lowest BCUT2D eigenvalue weighted by atomic mass is 9.78. The second-order valence-corrected chi connectivity index (χ2v) is 6.91. The van der Waals surface area contributed by atoms with Crippen molar-refractivity contribution in [2.24, 2.45) is 11.8 Å². The lowest BCUT2D eigenvalue weighted by Gasteiger charge is -2.42. The zero-order chi connectivity index (χ0) is 17.2. The van der Waals surface area contributed by atoms with Gasteiger partial charge in [-0.25, -0.2) is 9.97 Å². The molecule has 2 aromatic rings. The first-order chi connectivity index (χ1) is 11.6. The Balaban J connectivity index is 2.08. The van der Waals surface area contributed by atoms with Crippen LogP contribution in [0.1, 0.15) is 39.2 Å². The number of nitrogens with one attached hydrogen (secondary N) is 2. The van der Waals surface area contributed by atoms with Crippen LogP contribution in [0.15, 0.2) is 24.7 Å². The van der Waals surface area contributed by atoms with E-state index in [0.29, 0.717) is 18.1 Å². The van der Waals surface area contributed by atoms with E-state index in [4.69, 9.17) is 0 Å². The topological polar surface area (TPSA) is 79.8 Å². The summed E-state index contributed by atoms with van der Waals surface area (Å²) in [7, 11) is 0. The van der Waals surface area contributed by atoms with Crippen molar-refractivity contribution in [2.45, 2.75) is 39.2 Å². The monoisotopic (exact) mass is 327 g/mol. The molecule has 3 atom stereocenters. The Morgan fingerprint density at radius 2 is 2.12 bits per heavy atom. The lowest BCUT2D eigenvalue weighted by molar-refractivity contribution is -0.127. The average molecular weight is 327 g/mol. The van der Waals surface area contributed by atoms with Crippen LogP contribution in [0.3, 0.4) is 0 Å². The predicted octanol–water partition coefficient (Wildman–Crippen LogP) is 2.01. The van der Waals surface area contributed by atoms with Crippen molar-refractivity contribution in [3.8, 4) is 0 Å². The highest BCUT2D eigenvalue weighted by Gasteiger charge is 2.40. The van der Waals surface area contributed by atoms with Crippen molar-refractivity contribution in [3.05, 3.63) is 30.2 Å². The van der Waals surface area contributed by atoms with Gasteiger partial charge in [0.2, 0.25) is 5.91 Å². The highest BCUT2D eigenvalue weighted by atomic mass is 16.2. The number of carbonyl (C=O) groups excluding carboxylic acids is 1. The van der Waals surface area contributed by atoms with Crippen molar-refractivity contribution in [1.29, 1.82) is 0 Å². The number of rotatable bonds is 4.